The van der Waals surface area contributed by atoms with Gasteiger partial charge >= 0.3 is 0 Å². The summed E-state index contributed by atoms with van der Waals surface area (Å²) in [5.74, 6) is 2.42. The van der Waals surface area contributed by atoms with Gasteiger partial charge in [0.2, 0.25) is 5.91 Å². The lowest BCUT2D eigenvalue weighted by atomic mass is 10.2. The minimum absolute atomic E-state index is 0.123. The van der Waals surface area contributed by atoms with E-state index in [2.05, 4.69) is 0 Å². The van der Waals surface area contributed by atoms with Crippen LogP contribution in [0.5, 0.6) is 0 Å². The maximum Gasteiger partial charge on any atom is 0.227 e. The van der Waals surface area contributed by atoms with E-state index in [4.69, 9.17) is 4.74 Å². The van der Waals surface area contributed by atoms with Crippen LogP contribution in [0, 0.1) is 0 Å². The van der Waals surface area contributed by atoms with Crippen LogP contribution in [-0.2, 0) is 9.53 Å². The summed E-state index contributed by atoms with van der Waals surface area (Å²) in [5.41, 5.74) is 0.989. The Kier molecular flexibility index (Phi) is 4.29. The molecule has 0 saturated carbocycles. The van der Waals surface area contributed by atoms with E-state index in [1.807, 2.05) is 58.8 Å². The average molecular weight is 309 g/mol. The number of methoxy groups -OCH3 is 1. The minimum atomic E-state index is -0.305. The molecule has 2 aliphatic rings. The number of hydrogen-bond donors (Lipinski definition) is 0. The number of carbonyl (C=O) groups excluding carboxylic acids is 1. The first-order valence-corrected chi connectivity index (χ1v) is 8.94. The average Bonchev–Trinajstić information content (AvgIpc) is 2.91. The molecule has 0 spiro atoms. The molecule has 108 valence electrons. The van der Waals surface area contributed by atoms with Gasteiger partial charge in [-0.25, -0.2) is 0 Å². The number of anilines is 1. The first kappa shape index (κ1) is 14.3. The number of ether oxygens (including phenoxy) is 1. The molecule has 3 rings (SSSR count). The monoisotopic (exact) mass is 309 g/mol. The van der Waals surface area contributed by atoms with Crippen LogP contribution in [-0.4, -0.2) is 34.8 Å². The van der Waals surface area contributed by atoms with Crippen molar-refractivity contribution in [3.05, 3.63) is 30.3 Å². The summed E-state index contributed by atoms with van der Waals surface area (Å²) in [6.07, 6.45) is 2.71. The zero-order chi connectivity index (χ0) is 14.0. The maximum atomic E-state index is 12.3. The second kappa shape index (κ2) is 6.00. The topological polar surface area (TPSA) is 29.5 Å². The third kappa shape index (κ3) is 2.47. The molecule has 1 unspecified atom stereocenters. The van der Waals surface area contributed by atoms with Gasteiger partial charge in [-0.3, -0.25) is 4.79 Å². The number of rotatable bonds is 3. The van der Waals surface area contributed by atoms with Crippen LogP contribution in [0.25, 0.3) is 0 Å². The molecule has 2 heterocycles. The van der Waals surface area contributed by atoms with Crippen LogP contribution in [0.2, 0.25) is 0 Å². The van der Waals surface area contributed by atoms with Gasteiger partial charge in [0, 0.05) is 19.2 Å². The lowest BCUT2D eigenvalue weighted by molar-refractivity contribution is -0.117. The van der Waals surface area contributed by atoms with Gasteiger partial charge in [-0.1, -0.05) is 18.2 Å². The highest BCUT2D eigenvalue weighted by Crippen LogP contribution is 2.50. The van der Waals surface area contributed by atoms with Gasteiger partial charge in [0.1, 0.15) is 0 Å². The Hall–Kier alpha value is -0.650. The van der Waals surface area contributed by atoms with E-state index < -0.39 is 0 Å². The van der Waals surface area contributed by atoms with E-state index in [1.165, 1.54) is 6.42 Å². The second-order valence-electron chi connectivity index (χ2n) is 5.01. The van der Waals surface area contributed by atoms with Crippen LogP contribution in [0.3, 0.4) is 0 Å². The van der Waals surface area contributed by atoms with Crippen molar-refractivity contribution in [2.24, 2.45) is 0 Å². The van der Waals surface area contributed by atoms with Crippen molar-refractivity contribution in [3.8, 4) is 0 Å². The molecule has 2 fully saturated rings. The van der Waals surface area contributed by atoms with Gasteiger partial charge in [-0.15, -0.1) is 23.5 Å². The summed E-state index contributed by atoms with van der Waals surface area (Å²) in [4.78, 5) is 14.3. The molecule has 0 radical (unpaired) electrons. The molecule has 5 heteroatoms. The van der Waals surface area contributed by atoms with Crippen LogP contribution in [0.15, 0.2) is 30.3 Å². The van der Waals surface area contributed by atoms with Crippen LogP contribution in [0.4, 0.5) is 5.69 Å². The van der Waals surface area contributed by atoms with E-state index in [9.17, 15) is 4.79 Å². The molecule has 1 aromatic carbocycles. The zero-order valence-electron chi connectivity index (χ0n) is 11.6. The van der Waals surface area contributed by atoms with E-state index >= 15 is 0 Å². The zero-order valence-corrected chi connectivity index (χ0v) is 13.2. The van der Waals surface area contributed by atoms with Gasteiger partial charge < -0.3 is 9.64 Å². The highest BCUT2D eigenvalue weighted by Gasteiger charge is 2.49. The first-order valence-electron chi connectivity index (χ1n) is 6.97. The van der Waals surface area contributed by atoms with E-state index in [0.717, 1.165) is 23.6 Å². The lowest BCUT2D eigenvalue weighted by Gasteiger charge is -2.42. The maximum absolute atomic E-state index is 12.3. The third-order valence-corrected chi connectivity index (χ3v) is 7.21. The summed E-state index contributed by atoms with van der Waals surface area (Å²) in [6.45, 7) is 0. The third-order valence-electron chi connectivity index (χ3n) is 3.83. The molecule has 0 aromatic heterocycles. The van der Waals surface area contributed by atoms with E-state index in [0.29, 0.717) is 6.42 Å². The van der Waals surface area contributed by atoms with Crippen molar-refractivity contribution in [3.63, 3.8) is 0 Å². The Morgan fingerprint density at radius 1 is 1.25 bits per heavy atom. The van der Waals surface area contributed by atoms with Crippen LogP contribution >= 0.6 is 23.5 Å². The predicted molar refractivity (Wildman–Crippen MR) is 86.2 cm³/mol. The Morgan fingerprint density at radius 3 is 2.60 bits per heavy atom. The molecule has 0 bridgehead atoms. The summed E-state index contributed by atoms with van der Waals surface area (Å²) < 4.78 is 5.59. The number of benzene rings is 1. The standard InChI is InChI=1S/C15H19NO2S2/c1-18-15(19-10-5-11-20-15)13-8-9-14(17)16(13)12-6-3-2-4-7-12/h2-4,6-7,13H,5,8-11H2,1H3. The number of thioether (sulfide) groups is 2. The number of carbonyl (C=O) groups is 1. The highest BCUT2D eigenvalue weighted by molar-refractivity contribution is 8.18. The quantitative estimate of drug-likeness (QED) is 0.856. The van der Waals surface area contributed by atoms with Crippen LogP contribution < -0.4 is 4.90 Å². The Bertz CT molecular complexity index is 474. The predicted octanol–water partition coefficient (Wildman–Crippen LogP) is 3.35. The Balaban J connectivity index is 1.93. The van der Waals surface area contributed by atoms with Crippen molar-refractivity contribution >= 4 is 35.1 Å². The first-order chi connectivity index (χ1) is 9.77. The number of hydrogen-bond acceptors (Lipinski definition) is 4. The van der Waals surface area contributed by atoms with Gasteiger partial charge in [-0.2, -0.15) is 0 Å². The number of amides is 1. The highest BCUT2D eigenvalue weighted by atomic mass is 32.2. The van der Waals surface area contributed by atoms with E-state index in [1.54, 1.807) is 7.11 Å². The summed E-state index contributed by atoms with van der Waals surface area (Å²) in [6, 6.07) is 10.1. The smallest absolute Gasteiger partial charge is 0.227 e. The van der Waals surface area contributed by atoms with Crippen molar-refractivity contribution in [1.82, 2.24) is 0 Å². The fraction of sp³-hybridized carbons (Fsp3) is 0.533. The summed E-state index contributed by atoms with van der Waals surface area (Å²) in [5, 5.41) is 0. The SMILES string of the molecule is COC1(C2CCC(=O)N2c2ccccc2)SCCCS1. The molecular formula is C15H19NO2S2. The van der Waals surface area contributed by atoms with Crippen LogP contribution in [0.1, 0.15) is 19.3 Å². The Morgan fingerprint density at radius 2 is 1.95 bits per heavy atom. The molecule has 1 atom stereocenters. The number of nitrogens with zero attached hydrogens (tertiary/aromatic N) is 1. The van der Waals surface area contributed by atoms with E-state index in [-0.39, 0.29) is 16.2 Å². The second-order valence-corrected chi connectivity index (χ2v) is 7.88. The molecule has 1 amide bonds. The number of para-hydroxylation sites is 1. The van der Waals surface area contributed by atoms with Crippen molar-refractivity contribution < 1.29 is 9.53 Å². The van der Waals surface area contributed by atoms with Gasteiger partial charge in [0.05, 0.1) is 6.04 Å². The van der Waals surface area contributed by atoms with Crippen molar-refractivity contribution in [1.29, 1.82) is 0 Å². The molecule has 2 saturated heterocycles. The molecular weight excluding hydrogens is 290 g/mol. The fourth-order valence-electron chi connectivity index (χ4n) is 2.91. The molecule has 0 aliphatic carbocycles. The summed E-state index contributed by atoms with van der Waals surface area (Å²) in [7, 11) is 1.78. The molecule has 1 aromatic rings. The van der Waals surface area contributed by atoms with Gasteiger partial charge in [0.15, 0.2) is 4.27 Å². The van der Waals surface area contributed by atoms with Crippen molar-refractivity contribution in [2.45, 2.75) is 29.6 Å². The molecule has 2 aliphatic heterocycles. The van der Waals surface area contributed by atoms with Gasteiger partial charge in [0.25, 0.3) is 0 Å². The van der Waals surface area contributed by atoms with Crippen molar-refractivity contribution in [2.75, 3.05) is 23.5 Å². The largest absolute Gasteiger partial charge is 0.356 e. The minimum Gasteiger partial charge on any atom is -0.356 e. The molecule has 20 heavy (non-hydrogen) atoms. The Labute approximate surface area is 128 Å². The fourth-order valence-corrected chi connectivity index (χ4v) is 6.14. The molecule has 0 N–H and O–H groups in total. The summed E-state index contributed by atoms with van der Waals surface area (Å²) >= 11 is 3.71. The normalized spacial score (nSPS) is 25.9. The molecule has 3 nitrogen and oxygen atoms in total. The van der Waals surface area contributed by atoms with Gasteiger partial charge in [-0.05, 0) is 36.5 Å². The lowest BCUT2D eigenvalue weighted by Crippen LogP contribution is -2.49.